The van der Waals surface area contributed by atoms with Gasteiger partial charge in [-0.25, -0.2) is 14.2 Å². The molecule has 3 heterocycles. The number of carbonyl (C=O) groups excluding carboxylic acids is 1. The third-order valence-electron chi connectivity index (χ3n) is 9.05. The lowest BCUT2D eigenvalue weighted by Crippen LogP contribution is -2.25. The lowest BCUT2D eigenvalue weighted by Gasteiger charge is -2.29. The molecule has 1 saturated carbocycles. The number of aromatic nitrogens is 5. The van der Waals surface area contributed by atoms with Crippen LogP contribution in [0, 0.1) is 0 Å². The molecule has 1 aliphatic carbocycles. The van der Waals surface area contributed by atoms with E-state index in [2.05, 4.69) is 59.2 Å². The van der Waals surface area contributed by atoms with Gasteiger partial charge in [0.1, 0.15) is 11.9 Å². The van der Waals surface area contributed by atoms with Crippen LogP contribution in [-0.4, -0.2) is 57.2 Å². The predicted octanol–water partition coefficient (Wildman–Crippen LogP) is 7.30. The van der Waals surface area contributed by atoms with E-state index in [1.54, 1.807) is 18.7 Å². The molecule has 2 aromatic carbocycles. The van der Waals surface area contributed by atoms with Crippen LogP contribution in [0.5, 0.6) is 11.6 Å². The summed E-state index contributed by atoms with van der Waals surface area (Å²) in [5.41, 5.74) is 5.83. The highest BCUT2D eigenvalue weighted by Gasteiger charge is 2.29. The number of hydrogen-bond acceptors (Lipinski definition) is 8. The number of benzene rings is 2. The quantitative estimate of drug-likeness (QED) is 0.160. The summed E-state index contributed by atoms with van der Waals surface area (Å²) in [5, 5.41) is 13.4. The van der Waals surface area contributed by atoms with E-state index in [9.17, 15) is 4.79 Å². The normalized spacial score (nSPS) is 20.1. The van der Waals surface area contributed by atoms with Crippen molar-refractivity contribution in [3.8, 4) is 22.9 Å². The van der Waals surface area contributed by atoms with E-state index in [1.807, 2.05) is 24.3 Å². The van der Waals surface area contributed by atoms with E-state index in [-0.39, 0.29) is 24.6 Å². The molecule has 0 N–H and O–H groups in total. The molecule has 244 valence electrons. The molecule has 0 bridgehead atoms. The SMILES string of the molecule is CCOC(=O)c1nnn(Cc2ccc(OC)cc2)c1OC1CCC(c2ccc(-c3cc(C(C)C)nn3C3CCCCO3)cc2)CC1. The number of ether oxygens (including phenoxy) is 4. The molecule has 0 radical (unpaired) electrons. The van der Waals surface area contributed by atoms with Crippen molar-refractivity contribution in [2.75, 3.05) is 20.3 Å². The maximum absolute atomic E-state index is 12.7. The second-order valence-electron chi connectivity index (χ2n) is 12.6. The molecule has 10 nitrogen and oxygen atoms in total. The molecule has 6 rings (SSSR count). The molecule has 46 heavy (non-hydrogen) atoms. The van der Waals surface area contributed by atoms with Crippen molar-refractivity contribution in [3.63, 3.8) is 0 Å². The van der Waals surface area contributed by atoms with Gasteiger partial charge in [-0.2, -0.15) is 5.10 Å². The average molecular weight is 628 g/mol. The van der Waals surface area contributed by atoms with Gasteiger partial charge >= 0.3 is 5.97 Å². The second kappa shape index (κ2) is 14.5. The summed E-state index contributed by atoms with van der Waals surface area (Å²) in [5.74, 6) is 1.41. The van der Waals surface area contributed by atoms with Crippen LogP contribution in [-0.2, 0) is 16.0 Å². The standard InChI is InChI=1S/C36H45N5O5/c1-5-44-36(42)34-35(40(39-37-34)23-25-9-17-29(43-4)18-10-25)46-30-19-15-27(16-20-30)26-11-13-28(14-12-26)32-22-31(24(2)3)38-41(32)33-8-6-7-21-45-33/h9-14,17-18,22,24,27,30,33H,5-8,15-16,19-21,23H2,1-4H3. The maximum Gasteiger partial charge on any atom is 0.364 e. The zero-order valence-corrected chi connectivity index (χ0v) is 27.4. The van der Waals surface area contributed by atoms with Crippen LogP contribution < -0.4 is 9.47 Å². The lowest BCUT2D eigenvalue weighted by molar-refractivity contribution is -0.0386. The smallest absolute Gasteiger partial charge is 0.364 e. The summed E-state index contributed by atoms with van der Waals surface area (Å²) < 4.78 is 26.9. The molecule has 0 spiro atoms. The summed E-state index contributed by atoms with van der Waals surface area (Å²) in [7, 11) is 1.64. The Balaban J connectivity index is 1.13. The van der Waals surface area contributed by atoms with Crippen LogP contribution in [0.15, 0.2) is 54.6 Å². The summed E-state index contributed by atoms with van der Waals surface area (Å²) in [6, 6.07) is 18.9. The first-order chi connectivity index (χ1) is 22.4. The minimum absolute atomic E-state index is 0.00161. The van der Waals surface area contributed by atoms with Crippen LogP contribution in [0.1, 0.15) is 111 Å². The van der Waals surface area contributed by atoms with Gasteiger partial charge in [0.15, 0.2) is 6.23 Å². The molecule has 10 heteroatoms. The highest BCUT2D eigenvalue weighted by atomic mass is 16.5. The zero-order valence-electron chi connectivity index (χ0n) is 27.4. The van der Waals surface area contributed by atoms with Gasteiger partial charge in [0, 0.05) is 6.61 Å². The van der Waals surface area contributed by atoms with Gasteiger partial charge in [0.2, 0.25) is 11.6 Å². The lowest BCUT2D eigenvalue weighted by atomic mass is 9.82. The summed E-state index contributed by atoms with van der Waals surface area (Å²) in [4.78, 5) is 12.7. The molecule has 2 aliphatic rings. The third kappa shape index (κ3) is 7.12. The maximum atomic E-state index is 12.7. The van der Waals surface area contributed by atoms with E-state index in [4.69, 9.17) is 24.0 Å². The fourth-order valence-electron chi connectivity index (χ4n) is 6.40. The van der Waals surface area contributed by atoms with Crippen molar-refractivity contribution >= 4 is 5.97 Å². The highest BCUT2D eigenvalue weighted by Crippen LogP contribution is 2.37. The molecule has 1 aliphatic heterocycles. The van der Waals surface area contributed by atoms with Gasteiger partial charge in [0.25, 0.3) is 0 Å². The van der Waals surface area contributed by atoms with E-state index in [0.717, 1.165) is 74.3 Å². The third-order valence-corrected chi connectivity index (χ3v) is 9.05. The molecule has 0 amide bonds. The van der Waals surface area contributed by atoms with Gasteiger partial charge in [-0.1, -0.05) is 55.5 Å². The largest absolute Gasteiger partial charge is 0.497 e. The summed E-state index contributed by atoms with van der Waals surface area (Å²) in [6.45, 7) is 7.60. The molecule has 1 saturated heterocycles. The van der Waals surface area contributed by atoms with Gasteiger partial charge in [0.05, 0.1) is 31.6 Å². The topological polar surface area (TPSA) is 103 Å². The predicted molar refractivity (Wildman–Crippen MR) is 174 cm³/mol. The minimum Gasteiger partial charge on any atom is -0.497 e. The Labute approximate surface area is 271 Å². The number of esters is 1. The van der Waals surface area contributed by atoms with Crippen molar-refractivity contribution in [2.45, 2.75) is 96.4 Å². The Morgan fingerprint density at radius 3 is 2.41 bits per heavy atom. The Kier molecular flexibility index (Phi) is 10.0. The van der Waals surface area contributed by atoms with E-state index < -0.39 is 5.97 Å². The van der Waals surface area contributed by atoms with Crippen LogP contribution in [0.25, 0.3) is 11.3 Å². The van der Waals surface area contributed by atoms with Gasteiger partial charge in [-0.05, 0) is 98.6 Å². The van der Waals surface area contributed by atoms with Crippen LogP contribution >= 0.6 is 0 Å². The number of methoxy groups -OCH3 is 1. The van der Waals surface area contributed by atoms with E-state index >= 15 is 0 Å². The van der Waals surface area contributed by atoms with E-state index in [1.165, 1.54) is 11.1 Å². The zero-order chi connectivity index (χ0) is 32.0. The molecule has 2 aromatic heterocycles. The first kappa shape index (κ1) is 31.8. The van der Waals surface area contributed by atoms with Crippen molar-refractivity contribution in [3.05, 3.63) is 77.1 Å². The summed E-state index contributed by atoms with van der Waals surface area (Å²) >= 11 is 0. The molecule has 1 unspecified atom stereocenters. The molecule has 2 fully saturated rings. The summed E-state index contributed by atoms with van der Waals surface area (Å²) in [6.07, 6.45) is 6.94. The van der Waals surface area contributed by atoms with Gasteiger partial charge in [-0.15, -0.1) is 5.10 Å². The van der Waals surface area contributed by atoms with Crippen molar-refractivity contribution < 1.29 is 23.7 Å². The number of carbonyl (C=O) groups is 1. The monoisotopic (exact) mass is 627 g/mol. The van der Waals surface area contributed by atoms with Gasteiger partial charge in [-0.3, -0.25) is 0 Å². The average Bonchev–Trinajstić information content (AvgIpc) is 3.71. The number of hydrogen-bond donors (Lipinski definition) is 0. The highest BCUT2D eigenvalue weighted by molar-refractivity contribution is 5.89. The Morgan fingerprint density at radius 1 is 1.00 bits per heavy atom. The van der Waals surface area contributed by atoms with E-state index in [0.29, 0.717) is 24.3 Å². The van der Waals surface area contributed by atoms with Crippen LogP contribution in [0.2, 0.25) is 0 Å². The number of nitrogens with zero attached hydrogens (tertiary/aromatic N) is 5. The Bertz CT molecular complexity index is 1580. The molecule has 4 aromatic rings. The second-order valence-corrected chi connectivity index (χ2v) is 12.6. The first-order valence-electron chi connectivity index (χ1n) is 16.6. The fraction of sp³-hybridized carbons (Fsp3) is 0.500. The Morgan fingerprint density at radius 2 is 1.76 bits per heavy atom. The minimum atomic E-state index is -0.524. The van der Waals surface area contributed by atoms with Crippen LogP contribution in [0.3, 0.4) is 0 Å². The van der Waals surface area contributed by atoms with Crippen molar-refractivity contribution in [1.29, 1.82) is 0 Å². The molecular weight excluding hydrogens is 582 g/mol. The molecular formula is C36H45N5O5. The van der Waals surface area contributed by atoms with Crippen molar-refractivity contribution in [2.24, 2.45) is 0 Å². The number of rotatable bonds is 11. The molecule has 1 atom stereocenters. The Hall–Kier alpha value is -4.18. The van der Waals surface area contributed by atoms with Gasteiger partial charge < -0.3 is 18.9 Å². The van der Waals surface area contributed by atoms with Crippen molar-refractivity contribution in [1.82, 2.24) is 24.8 Å². The fourth-order valence-corrected chi connectivity index (χ4v) is 6.40. The van der Waals surface area contributed by atoms with Crippen LogP contribution in [0.4, 0.5) is 0 Å². The first-order valence-corrected chi connectivity index (χ1v) is 16.6.